The van der Waals surface area contributed by atoms with Gasteiger partial charge in [0, 0.05) is 22.6 Å². The highest BCUT2D eigenvalue weighted by Gasteiger charge is 2.26. The highest BCUT2D eigenvalue weighted by Crippen LogP contribution is 2.39. The van der Waals surface area contributed by atoms with Crippen LogP contribution in [0.3, 0.4) is 0 Å². The van der Waals surface area contributed by atoms with E-state index in [1.807, 2.05) is 30.3 Å². The summed E-state index contributed by atoms with van der Waals surface area (Å²) < 4.78 is 0. The van der Waals surface area contributed by atoms with Crippen LogP contribution in [0.1, 0.15) is 39.2 Å². The number of fused-ring (bicyclic) bond motifs is 1. The van der Waals surface area contributed by atoms with E-state index in [0.717, 1.165) is 23.8 Å². The first kappa shape index (κ1) is 15.3. The van der Waals surface area contributed by atoms with Gasteiger partial charge in [-0.2, -0.15) is 0 Å². The molecule has 21 heavy (non-hydrogen) atoms. The lowest BCUT2D eigenvalue weighted by molar-refractivity contribution is 0.446. The average Bonchev–Trinajstić information content (AvgIpc) is 2.47. The molecule has 0 amide bonds. The summed E-state index contributed by atoms with van der Waals surface area (Å²) in [5.41, 5.74) is 2.60. The molecule has 1 N–H and O–H groups in total. The quantitative estimate of drug-likeness (QED) is 0.771. The summed E-state index contributed by atoms with van der Waals surface area (Å²) >= 11 is 0. The summed E-state index contributed by atoms with van der Waals surface area (Å²) in [4.78, 5) is 4.30. The maximum Gasteiger partial charge on any atom is 0.145 e. The molecule has 2 heteroatoms. The number of phenolic OH excluding ortho intramolecular Hbond substituents is 1. The molecule has 0 saturated carbocycles. The Morgan fingerprint density at radius 2 is 2.10 bits per heavy atom. The van der Waals surface area contributed by atoms with Gasteiger partial charge in [-0.1, -0.05) is 42.8 Å². The first-order valence-corrected chi connectivity index (χ1v) is 7.32. The summed E-state index contributed by atoms with van der Waals surface area (Å²) in [7, 11) is 0. The second kappa shape index (κ2) is 6.13. The van der Waals surface area contributed by atoms with Gasteiger partial charge in [0.25, 0.3) is 0 Å². The fourth-order valence-corrected chi connectivity index (χ4v) is 2.60. The zero-order valence-corrected chi connectivity index (χ0v) is 13.1. The Morgan fingerprint density at radius 1 is 1.33 bits per heavy atom. The first-order valence-electron chi connectivity index (χ1n) is 7.32. The van der Waals surface area contributed by atoms with Crippen molar-refractivity contribution in [2.24, 2.45) is 0 Å². The van der Waals surface area contributed by atoms with E-state index in [0.29, 0.717) is 5.52 Å². The van der Waals surface area contributed by atoms with Gasteiger partial charge >= 0.3 is 0 Å². The van der Waals surface area contributed by atoms with Gasteiger partial charge in [0.2, 0.25) is 0 Å². The third-order valence-corrected chi connectivity index (χ3v) is 4.03. The molecule has 0 bridgehead atoms. The smallest absolute Gasteiger partial charge is 0.145 e. The molecule has 0 radical (unpaired) electrons. The molecule has 0 spiro atoms. The van der Waals surface area contributed by atoms with Crippen molar-refractivity contribution in [3.63, 3.8) is 0 Å². The number of phenols is 1. The Hall–Kier alpha value is -2.09. The summed E-state index contributed by atoms with van der Waals surface area (Å²) in [5, 5.41) is 11.6. The van der Waals surface area contributed by atoms with Crippen LogP contribution in [0.2, 0.25) is 0 Å². The molecular formula is C19H23NO. The van der Waals surface area contributed by atoms with E-state index in [9.17, 15) is 5.11 Å². The van der Waals surface area contributed by atoms with Crippen molar-refractivity contribution in [2.45, 2.75) is 39.0 Å². The molecule has 2 aromatic rings. The number of benzene rings is 1. The van der Waals surface area contributed by atoms with Crippen LogP contribution >= 0.6 is 0 Å². The normalized spacial score (nSPS) is 13.7. The van der Waals surface area contributed by atoms with Gasteiger partial charge in [-0.3, -0.25) is 4.98 Å². The minimum atomic E-state index is -0.262. The Labute approximate surface area is 126 Å². The number of allylic oxidation sites excluding steroid dienone is 3. The maximum atomic E-state index is 10.6. The van der Waals surface area contributed by atoms with Crippen molar-refractivity contribution >= 4 is 10.9 Å². The Kier molecular flexibility index (Phi) is 4.46. The minimum Gasteiger partial charge on any atom is -0.505 e. The highest BCUT2D eigenvalue weighted by molar-refractivity contribution is 5.85. The van der Waals surface area contributed by atoms with Crippen LogP contribution in [0.15, 0.2) is 54.8 Å². The predicted octanol–water partition coefficient (Wildman–Crippen LogP) is 5.13. The number of pyridine rings is 1. The van der Waals surface area contributed by atoms with E-state index in [1.165, 1.54) is 5.57 Å². The van der Waals surface area contributed by atoms with E-state index in [4.69, 9.17) is 0 Å². The molecule has 1 atom stereocenters. The topological polar surface area (TPSA) is 33.1 Å². The van der Waals surface area contributed by atoms with Gasteiger partial charge < -0.3 is 5.11 Å². The van der Waals surface area contributed by atoms with Gasteiger partial charge in [-0.25, -0.2) is 0 Å². The average molecular weight is 281 g/mol. The highest BCUT2D eigenvalue weighted by atomic mass is 16.3. The van der Waals surface area contributed by atoms with E-state index in [1.54, 1.807) is 6.20 Å². The predicted molar refractivity (Wildman–Crippen MR) is 89.6 cm³/mol. The van der Waals surface area contributed by atoms with E-state index >= 15 is 0 Å². The second-order valence-electron chi connectivity index (χ2n) is 5.98. The molecule has 1 unspecified atom stereocenters. The van der Waals surface area contributed by atoms with Crippen LogP contribution in [0.4, 0.5) is 0 Å². The number of rotatable bonds is 5. The molecular weight excluding hydrogens is 258 g/mol. The standard InChI is InChI=1S/C19H23NO/c1-5-19(4,12-6-8-14(2)3)16-11-10-15-9-7-13-20-17(15)18(16)21/h5,7-11,13,21H,1,6,12H2,2-4H3. The molecule has 0 saturated heterocycles. The fourth-order valence-electron chi connectivity index (χ4n) is 2.60. The van der Waals surface area contributed by atoms with Crippen LogP contribution in [-0.2, 0) is 5.41 Å². The molecule has 1 aromatic heterocycles. The summed E-state index contributed by atoms with van der Waals surface area (Å²) in [6.07, 6.45) is 7.73. The van der Waals surface area contributed by atoms with Crippen molar-refractivity contribution in [3.8, 4) is 5.75 Å². The Bertz CT molecular complexity index is 683. The van der Waals surface area contributed by atoms with Gasteiger partial charge in [-0.15, -0.1) is 6.58 Å². The Morgan fingerprint density at radius 3 is 2.76 bits per heavy atom. The molecule has 0 aliphatic rings. The molecule has 2 rings (SSSR count). The maximum absolute atomic E-state index is 10.6. The lowest BCUT2D eigenvalue weighted by Gasteiger charge is -2.27. The molecule has 0 aliphatic carbocycles. The van der Waals surface area contributed by atoms with Gasteiger partial charge in [0.05, 0.1) is 0 Å². The van der Waals surface area contributed by atoms with Crippen molar-refractivity contribution in [1.82, 2.24) is 4.98 Å². The number of aromatic hydroxyl groups is 1. The van der Waals surface area contributed by atoms with Crippen molar-refractivity contribution in [1.29, 1.82) is 0 Å². The third kappa shape index (κ3) is 3.15. The number of hydrogen-bond donors (Lipinski definition) is 1. The van der Waals surface area contributed by atoms with Crippen molar-refractivity contribution in [3.05, 3.63) is 60.3 Å². The largest absolute Gasteiger partial charge is 0.505 e. The second-order valence-corrected chi connectivity index (χ2v) is 5.98. The first-order chi connectivity index (χ1) is 9.98. The lowest BCUT2D eigenvalue weighted by Crippen LogP contribution is -2.18. The van der Waals surface area contributed by atoms with Gasteiger partial charge in [0.1, 0.15) is 11.3 Å². The zero-order chi connectivity index (χ0) is 15.5. The van der Waals surface area contributed by atoms with E-state index in [-0.39, 0.29) is 11.2 Å². The number of hydrogen-bond acceptors (Lipinski definition) is 2. The molecule has 1 aromatic carbocycles. The molecule has 0 fully saturated rings. The van der Waals surface area contributed by atoms with Crippen molar-refractivity contribution in [2.75, 3.05) is 0 Å². The minimum absolute atomic E-state index is 0.262. The van der Waals surface area contributed by atoms with Crippen molar-refractivity contribution < 1.29 is 5.11 Å². The lowest BCUT2D eigenvalue weighted by atomic mass is 9.77. The van der Waals surface area contributed by atoms with Crippen LogP contribution in [0.25, 0.3) is 10.9 Å². The SMILES string of the molecule is C=CC(C)(CCC=C(C)C)c1ccc2cccnc2c1O. The van der Waals surface area contributed by atoms with Gasteiger partial charge in [-0.05, 0) is 32.8 Å². The zero-order valence-electron chi connectivity index (χ0n) is 13.1. The summed E-state index contributed by atoms with van der Waals surface area (Å²) in [5.74, 6) is 0.271. The van der Waals surface area contributed by atoms with E-state index < -0.39 is 0 Å². The van der Waals surface area contributed by atoms with Gasteiger partial charge in [0.15, 0.2) is 0 Å². The number of aromatic nitrogens is 1. The Balaban J connectivity index is 2.44. The fraction of sp³-hybridized carbons (Fsp3) is 0.316. The summed E-state index contributed by atoms with van der Waals surface area (Å²) in [6, 6.07) is 7.84. The molecule has 110 valence electrons. The van der Waals surface area contributed by atoms with E-state index in [2.05, 4.69) is 38.4 Å². The van der Waals surface area contributed by atoms with Crippen LogP contribution < -0.4 is 0 Å². The molecule has 1 heterocycles. The van der Waals surface area contributed by atoms with Crippen LogP contribution in [0, 0.1) is 0 Å². The third-order valence-electron chi connectivity index (χ3n) is 4.03. The molecule has 2 nitrogen and oxygen atoms in total. The number of nitrogens with zero attached hydrogens (tertiary/aromatic N) is 1. The monoisotopic (exact) mass is 281 g/mol. The summed E-state index contributed by atoms with van der Waals surface area (Å²) in [6.45, 7) is 10.3. The molecule has 0 aliphatic heterocycles. The van der Waals surface area contributed by atoms with Crippen LogP contribution in [0.5, 0.6) is 5.75 Å². The van der Waals surface area contributed by atoms with Crippen LogP contribution in [-0.4, -0.2) is 10.1 Å².